The minimum absolute atomic E-state index is 0.170. The lowest BCUT2D eigenvalue weighted by atomic mass is 10.1. The van der Waals surface area contributed by atoms with Gasteiger partial charge in [0.05, 0.1) is 12.0 Å². The molecule has 2 fully saturated rings. The van der Waals surface area contributed by atoms with E-state index in [1.54, 1.807) is 6.20 Å². The summed E-state index contributed by atoms with van der Waals surface area (Å²) in [6.45, 7) is 4.55. The Morgan fingerprint density at radius 3 is 2.58 bits per heavy atom. The zero-order valence-corrected chi connectivity index (χ0v) is 15.9. The first kappa shape index (κ1) is 17.7. The minimum Gasteiger partial charge on any atom is -0.463 e. The van der Waals surface area contributed by atoms with Crippen molar-refractivity contribution >= 4 is 28.3 Å². The second kappa shape index (κ2) is 7.14. The molecule has 2 aromatic heterocycles. The Bertz CT molecular complexity index is 804. The van der Waals surface area contributed by atoms with E-state index in [1.165, 1.54) is 25.7 Å². The van der Waals surface area contributed by atoms with Crippen LogP contribution in [-0.4, -0.2) is 34.6 Å². The molecule has 1 aliphatic heterocycles. The van der Waals surface area contributed by atoms with Crippen molar-refractivity contribution in [2.45, 2.75) is 51.9 Å². The Kier molecular flexibility index (Phi) is 4.86. The van der Waals surface area contributed by atoms with Crippen molar-refractivity contribution in [3.05, 3.63) is 17.2 Å². The van der Waals surface area contributed by atoms with Crippen LogP contribution in [0.2, 0.25) is 5.15 Å². The lowest BCUT2D eigenvalue weighted by Gasteiger charge is -2.23. The van der Waals surface area contributed by atoms with Gasteiger partial charge >= 0.3 is 6.01 Å². The number of aromatic nitrogens is 3. The molecule has 140 valence electrons. The second-order valence-corrected chi connectivity index (χ2v) is 7.86. The molecule has 2 aliphatic rings. The zero-order valence-electron chi connectivity index (χ0n) is 15.1. The number of hydrogen-bond donors (Lipinski definition) is 0. The summed E-state index contributed by atoms with van der Waals surface area (Å²) in [5.74, 6) is 0.0976. The van der Waals surface area contributed by atoms with E-state index in [2.05, 4.69) is 26.8 Å². The van der Waals surface area contributed by atoms with Gasteiger partial charge in [0.15, 0.2) is 11.0 Å². The minimum atomic E-state index is -0.607. The van der Waals surface area contributed by atoms with Crippen molar-refractivity contribution < 1.29 is 9.13 Å². The predicted octanol–water partition coefficient (Wildman–Crippen LogP) is 4.77. The van der Waals surface area contributed by atoms with E-state index in [1.807, 2.05) is 0 Å². The van der Waals surface area contributed by atoms with Crippen LogP contribution in [0.5, 0.6) is 6.01 Å². The van der Waals surface area contributed by atoms with E-state index in [9.17, 15) is 4.39 Å². The van der Waals surface area contributed by atoms with E-state index >= 15 is 0 Å². The van der Waals surface area contributed by atoms with Gasteiger partial charge in [0.2, 0.25) is 0 Å². The van der Waals surface area contributed by atoms with Crippen LogP contribution in [0.3, 0.4) is 0 Å². The van der Waals surface area contributed by atoms with E-state index in [-0.39, 0.29) is 22.1 Å². The molecule has 0 atom stereocenters. The molecule has 1 aliphatic carbocycles. The maximum Gasteiger partial charge on any atom is 0.319 e. The summed E-state index contributed by atoms with van der Waals surface area (Å²) in [6.07, 6.45) is 9.60. The quantitative estimate of drug-likeness (QED) is 0.701. The molecular formula is C19H24ClFN4O. The van der Waals surface area contributed by atoms with Gasteiger partial charge in [-0.1, -0.05) is 31.4 Å². The van der Waals surface area contributed by atoms with Gasteiger partial charge in [0.25, 0.3) is 0 Å². The van der Waals surface area contributed by atoms with Crippen LogP contribution >= 0.6 is 11.6 Å². The molecule has 0 unspecified atom stereocenters. The summed E-state index contributed by atoms with van der Waals surface area (Å²) in [7, 11) is 0. The SMILES string of the molecule is CCC1(COc2nc(N3CCCCCC3)c3cnc(Cl)c(F)c3n2)CC1. The normalized spacial score (nSPS) is 19.4. The van der Waals surface area contributed by atoms with Crippen LogP contribution in [-0.2, 0) is 0 Å². The molecule has 1 saturated heterocycles. The fourth-order valence-corrected chi connectivity index (χ4v) is 3.72. The van der Waals surface area contributed by atoms with Crippen LogP contribution < -0.4 is 9.64 Å². The van der Waals surface area contributed by atoms with Crippen LogP contribution in [0, 0.1) is 11.2 Å². The maximum absolute atomic E-state index is 14.6. The molecule has 2 aromatic rings. The fraction of sp³-hybridized carbons (Fsp3) is 0.632. The highest BCUT2D eigenvalue weighted by Crippen LogP contribution is 2.48. The monoisotopic (exact) mass is 378 g/mol. The highest BCUT2D eigenvalue weighted by molar-refractivity contribution is 6.30. The molecule has 4 rings (SSSR count). The third kappa shape index (κ3) is 3.43. The lowest BCUT2D eigenvalue weighted by Crippen LogP contribution is -2.26. The third-order valence-corrected chi connectivity index (χ3v) is 5.98. The summed E-state index contributed by atoms with van der Waals surface area (Å²) < 4.78 is 20.5. The topological polar surface area (TPSA) is 51.1 Å². The molecule has 3 heterocycles. The van der Waals surface area contributed by atoms with Gasteiger partial charge in [-0.05, 0) is 32.1 Å². The molecule has 0 aromatic carbocycles. The standard InChI is InChI=1S/C19H24ClFN4O/c1-2-19(7-8-19)12-26-18-23-15-13(11-22-16(20)14(15)21)17(24-18)25-9-5-3-4-6-10-25/h11H,2-10,12H2,1H3. The van der Waals surface area contributed by atoms with Gasteiger partial charge in [0.1, 0.15) is 11.3 Å². The lowest BCUT2D eigenvalue weighted by molar-refractivity contribution is 0.214. The smallest absolute Gasteiger partial charge is 0.319 e. The van der Waals surface area contributed by atoms with E-state index in [0.717, 1.165) is 32.4 Å². The number of halogens is 2. The second-order valence-electron chi connectivity index (χ2n) is 7.50. The maximum atomic E-state index is 14.6. The summed E-state index contributed by atoms with van der Waals surface area (Å²) >= 11 is 5.89. The van der Waals surface area contributed by atoms with Crippen molar-refractivity contribution in [3.8, 4) is 6.01 Å². The van der Waals surface area contributed by atoms with Gasteiger partial charge in [-0.3, -0.25) is 0 Å². The summed E-state index contributed by atoms with van der Waals surface area (Å²) in [5, 5.41) is 0.425. The van der Waals surface area contributed by atoms with Crippen molar-refractivity contribution in [3.63, 3.8) is 0 Å². The van der Waals surface area contributed by atoms with Crippen LogP contribution in [0.15, 0.2) is 6.20 Å². The third-order valence-electron chi connectivity index (χ3n) is 5.72. The first-order valence-corrected chi connectivity index (χ1v) is 9.89. The van der Waals surface area contributed by atoms with Gasteiger partial charge < -0.3 is 9.64 Å². The first-order valence-electron chi connectivity index (χ1n) is 9.51. The van der Waals surface area contributed by atoms with Gasteiger partial charge in [-0.15, -0.1) is 0 Å². The van der Waals surface area contributed by atoms with Crippen LogP contribution in [0.4, 0.5) is 10.2 Å². The molecule has 0 radical (unpaired) electrons. The Morgan fingerprint density at radius 2 is 1.92 bits per heavy atom. The average Bonchev–Trinajstić information content (AvgIpc) is 3.47. The van der Waals surface area contributed by atoms with Crippen LogP contribution in [0.25, 0.3) is 10.9 Å². The molecule has 0 bridgehead atoms. The highest BCUT2D eigenvalue weighted by atomic mass is 35.5. The number of pyridine rings is 1. The number of ether oxygens (including phenoxy) is 1. The first-order chi connectivity index (χ1) is 12.6. The molecule has 7 heteroatoms. The number of hydrogen-bond acceptors (Lipinski definition) is 5. The summed E-state index contributed by atoms with van der Waals surface area (Å²) in [4.78, 5) is 15.1. The molecule has 0 spiro atoms. The van der Waals surface area contributed by atoms with Crippen molar-refractivity contribution in [1.29, 1.82) is 0 Å². The Labute approximate surface area is 157 Å². The number of fused-ring (bicyclic) bond motifs is 1. The Balaban J connectivity index is 1.73. The Morgan fingerprint density at radius 1 is 1.19 bits per heavy atom. The van der Waals surface area contributed by atoms with Crippen molar-refractivity contribution in [1.82, 2.24) is 15.0 Å². The average molecular weight is 379 g/mol. The number of anilines is 1. The van der Waals surface area contributed by atoms with Gasteiger partial charge in [-0.25, -0.2) is 9.37 Å². The van der Waals surface area contributed by atoms with Crippen LogP contribution in [0.1, 0.15) is 51.9 Å². The van der Waals surface area contributed by atoms with E-state index < -0.39 is 5.82 Å². The van der Waals surface area contributed by atoms with Crippen molar-refractivity contribution in [2.75, 3.05) is 24.6 Å². The highest BCUT2D eigenvalue weighted by Gasteiger charge is 2.41. The molecular weight excluding hydrogens is 355 g/mol. The zero-order chi connectivity index (χ0) is 18.1. The van der Waals surface area contributed by atoms with E-state index in [0.29, 0.717) is 17.8 Å². The largest absolute Gasteiger partial charge is 0.463 e. The number of nitrogens with zero attached hydrogens (tertiary/aromatic N) is 4. The molecule has 1 saturated carbocycles. The van der Waals surface area contributed by atoms with Crippen molar-refractivity contribution in [2.24, 2.45) is 5.41 Å². The predicted molar refractivity (Wildman–Crippen MR) is 100 cm³/mol. The molecule has 0 amide bonds. The molecule has 0 N–H and O–H groups in total. The van der Waals surface area contributed by atoms with E-state index in [4.69, 9.17) is 16.3 Å². The summed E-state index contributed by atoms with van der Waals surface area (Å²) in [5.41, 5.74) is 0.436. The summed E-state index contributed by atoms with van der Waals surface area (Å²) in [6, 6.07) is 0.234. The number of rotatable bonds is 5. The van der Waals surface area contributed by atoms with Gasteiger partial charge in [0, 0.05) is 24.7 Å². The van der Waals surface area contributed by atoms with Gasteiger partial charge in [-0.2, -0.15) is 9.97 Å². The molecule has 26 heavy (non-hydrogen) atoms. The Hall–Kier alpha value is -1.69. The fourth-order valence-electron chi connectivity index (χ4n) is 3.58. The molecule has 5 nitrogen and oxygen atoms in total.